The SMILES string of the molecule is CC(C)c1c(F)cccc1-c1ncc2c(n1)N(Cc1ccc(-n3ccnn3)cc1)C(=O)C2. The summed E-state index contributed by atoms with van der Waals surface area (Å²) in [4.78, 5) is 23.6. The average molecular weight is 428 g/mol. The van der Waals surface area contributed by atoms with E-state index in [0.717, 1.165) is 16.8 Å². The lowest BCUT2D eigenvalue weighted by molar-refractivity contribution is -0.117. The highest BCUT2D eigenvalue weighted by atomic mass is 19.1. The number of halogens is 1. The second-order valence-electron chi connectivity index (χ2n) is 8.07. The van der Waals surface area contributed by atoms with Crippen LogP contribution >= 0.6 is 0 Å². The number of amides is 1. The van der Waals surface area contributed by atoms with Crippen LogP contribution in [-0.2, 0) is 17.8 Å². The molecule has 0 bridgehead atoms. The molecule has 1 aliphatic rings. The van der Waals surface area contributed by atoms with Gasteiger partial charge in [0, 0.05) is 22.9 Å². The summed E-state index contributed by atoms with van der Waals surface area (Å²) in [5.41, 5.74) is 3.85. The van der Waals surface area contributed by atoms with Gasteiger partial charge >= 0.3 is 0 Å². The van der Waals surface area contributed by atoms with Gasteiger partial charge in [-0.25, -0.2) is 19.0 Å². The van der Waals surface area contributed by atoms with Crippen molar-refractivity contribution in [2.24, 2.45) is 0 Å². The lowest BCUT2D eigenvalue weighted by Crippen LogP contribution is -2.26. The van der Waals surface area contributed by atoms with Gasteiger partial charge in [-0.1, -0.05) is 43.3 Å². The second-order valence-corrected chi connectivity index (χ2v) is 8.07. The number of benzene rings is 2. The van der Waals surface area contributed by atoms with Gasteiger partial charge in [0.05, 0.1) is 31.0 Å². The first kappa shape index (κ1) is 20.0. The minimum absolute atomic E-state index is 0.0238. The zero-order valence-electron chi connectivity index (χ0n) is 17.7. The van der Waals surface area contributed by atoms with E-state index in [-0.39, 0.29) is 24.1 Å². The Hall–Kier alpha value is -3.94. The highest BCUT2D eigenvalue weighted by Crippen LogP contribution is 2.33. The van der Waals surface area contributed by atoms with Gasteiger partial charge in [-0.15, -0.1) is 5.10 Å². The van der Waals surface area contributed by atoms with Crippen LogP contribution in [0, 0.1) is 5.82 Å². The predicted octanol–water partition coefficient (Wildman–Crippen LogP) is 4.08. The topological polar surface area (TPSA) is 76.8 Å². The molecule has 32 heavy (non-hydrogen) atoms. The number of hydrogen-bond donors (Lipinski definition) is 0. The molecule has 1 aliphatic heterocycles. The third kappa shape index (κ3) is 3.53. The quantitative estimate of drug-likeness (QED) is 0.479. The molecule has 2 aromatic carbocycles. The molecule has 4 aromatic rings. The third-order valence-electron chi connectivity index (χ3n) is 5.58. The maximum atomic E-state index is 14.5. The second kappa shape index (κ2) is 7.96. The zero-order chi connectivity index (χ0) is 22.2. The van der Waals surface area contributed by atoms with Crippen LogP contribution in [0.2, 0.25) is 0 Å². The molecule has 8 heteroatoms. The molecule has 0 spiro atoms. The highest BCUT2D eigenvalue weighted by Gasteiger charge is 2.30. The van der Waals surface area contributed by atoms with Crippen molar-refractivity contribution in [3.8, 4) is 17.1 Å². The van der Waals surface area contributed by atoms with Crippen molar-refractivity contribution >= 4 is 11.7 Å². The molecular formula is C24H21FN6O. The molecule has 5 rings (SSSR count). The van der Waals surface area contributed by atoms with E-state index in [2.05, 4.69) is 15.3 Å². The Labute approximate surface area is 184 Å². The molecule has 0 N–H and O–H groups in total. The van der Waals surface area contributed by atoms with Crippen LogP contribution in [0.25, 0.3) is 17.1 Å². The average Bonchev–Trinajstić information content (AvgIpc) is 3.42. The van der Waals surface area contributed by atoms with Crippen LogP contribution in [0.5, 0.6) is 0 Å². The Morgan fingerprint density at radius 1 is 1.12 bits per heavy atom. The van der Waals surface area contributed by atoms with E-state index in [0.29, 0.717) is 29.3 Å². The Balaban J connectivity index is 1.47. The molecule has 0 atom stereocenters. The van der Waals surface area contributed by atoms with Gasteiger partial charge in [0.1, 0.15) is 11.6 Å². The number of carbonyl (C=O) groups is 1. The summed E-state index contributed by atoms with van der Waals surface area (Å²) in [5, 5.41) is 7.80. The van der Waals surface area contributed by atoms with E-state index in [1.807, 2.05) is 44.2 Å². The van der Waals surface area contributed by atoms with Crippen LogP contribution in [0.4, 0.5) is 10.2 Å². The molecule has 0 aliphatic carbocycles. The molecule has 7 nitrogen and oxygen atoms in total. The Kier molecular flexibility index (Phi) is 4.97. The normalized spacial score (nSPS) is 13.1. The zero-order valence-corrected chi connectivity index (χ0v) is 17.7. The van der Waals surface area contributed by atoms with E-state index >= 15 is 0 Å². The summed E-state index contributed by atoms with van der Waals surface area (Å²) >= 11 is 0. The fraction of sp³-hybridized carbons (Fsp3) is 0.208. The van der Waals surface area contributed by atoms with Gasteiger partial charge in [-0.05, 0) is 29.7 Å². The van der Waals surface area contributed by atoms with Crippen molar-refractivity contribution in [2.75, 3.05) is 4.90 Å². The van der Waals surface area contributed by atoms with Crippen molar-refractivity contribution in [3.05, 3.63) is 83.6 Å². The Morgan fingerprint density at radius 2 is 1.94 bits per heavy atom. The molecule has 0 unspecified atom stereocenters. The minimum Gasteiger partial charge on any atom is -0.292 e. The number of nitrogens with zero attached hydrogens (tertiary/aromatic N) is 6. The third-order valence-corrected chi connectivity index (χ3v) is 5.58. The summed E-state index contributed by atoms with van der Waals surface area (Å²) in [6, 6.07) is 12.7. The van der Waals surface area contributed by atoms with Crippen LogP contribution in [0.1, 0.15) is 36.5 Å². The molecule has 0 radical (unpaired) electrons. The molecule has 1 amide bonds. The Bertz CT molecular complexity index is 1280. The van der Waals surface area contributed by atoms with Crippen molar-refractivity contribution in [3.63, 3.8) is 0 Å². The van der Waals surface area contributed by atoms with Gasteiger partial charge < -0.3 is 0 Å². The first-order valence-electron chi connectivity index (χ1n) is 10.4. The lowest BCUT2D eigenvalue weighted by Gasteiger charge is -2.18. The van der Waals surface area contributed by atoms with Gasteiger partial charge in [-0.3, -0.25) is 9.69 Å². The van der Waals surface area contributed by atoms with E-state index < -0.39 is 0 Å². The number of carbonyl (C=O) groups excluding carboxylic acids is 1. The van der Waals surface area contributed by atoms with Gasteiger partial charge in [0.2, 0.25) is 5.91 Å². The molecular weight excluding hydrogens is 407 g/mol. The summed E-state index contributed by atoms with van der Waals surface area (Å²) in [6.45, 7) is 4.27. The number of aromatic nitrogens is 5. The van der Waals surface area contributed by atoms with Crippen LogP contribution < -0.4 is 4.90 Å². The van der Waals surface area contributed by atoms with Gasteiger partial charge in [-0.2, -0.15) is 0 Å². The fourth-order valence-corrected chi connectivity index (χ4v) is 4.03. The van der Waals surface area contributed by atoms with E-state index in [1.54, 1.807) is 34.2 Å². The summed E-state index contributed by atoms with van der Waals surface area (Å²) in [7, 11) is 0. The van der Waals surface area contributed by atoms with E-state index in [9.17, 15) is 9.18 Å². The summed E-state index contributed by atoms with van der Waals surface area (Å²) < 4.78 is 16.2. The van der Waals surface area contributed by atoms with Crippen LogP contribution in [0.3, 0.4) is 0 Å². The number of anilines is 1. The molecule has 2 aromatic heterocycles. The number of fused-ring (bicyclic) bond motifs is 1. The van der Waals surface area contributed by atoms with Gasteiger partial charge in [0.25, 0.3) is 0 Å². The van der Waals surface area contributed by atoms with Crippen molar-refractivity contribution in [2.45, 2.75) is 32.7 Å². The van der Waals surface area contributed by atoms with Crippen molar-refractivity contribution < 1.29 is 9.18 Å². The van der Waals surface area contributed by atoms with Crippen LogP contribution in [-0.4, -0.2) is 30.9 Å². The Morgan fingerprint density at radius 3 is 2.66 bits per heavy atom. The maximum absolute atomic E-state index is 14.5. The van der Waals surface area contributed by atoms with E-state index in [1.165, 1.54) is 6.07 Å². The summed E-state index contributed by atoms with van der Waals surface area (Å²) in [5.74, 6) is 0.675. The maximum Gasteiger partial charge on any atom is 0.233 e. The van der Waals surface area contributed by atoms with Gasteiger partial charge in [0.15, 0.2) is 5.82 Å². The highest BCUT2D eigenvalue weighted by molar-refractivity contribution is 6.00. The first-order valence-corrected chi connectivity index (χ1v) is 10.4. The first-order chi connectivity index (χ1) is 15.5. The van der Waals surface area contributed by atoms with Crippen LogP contribution in [0.15, 0.2) is 61.1 Å². The van der Waals surface area contributed by atoms with Crippen molar-refractivity contribution in [1.82, 2.24) is 25.0 Å². The smallest absolute Gasteiger partial charge is 0.233 e. The summed E-state index contributed by atoms with van der Waals surface area (Å²) in [6.07, 6.45) is 5.32. The largest absolute Gasteiger partial charge is 0.292 e. The van der Waals surface area contributed by atoms with E-state index in [4.69, 9.17) is 4.98 Å². The molecule has 0 fully saturated rings. The molecule has 0 saturated carbocycles. The molecule has 0 saturated heterocycles. The fourth-order valence-electron chi connectivity index (χ4n) is 4.03. The predicted molar refractivity (Wildman–Crippen MR) is 118 cm³/mol. The molecule has 3 heterocycles. The van der Waals surface area contributed by atoms with Crippen molar-refractivity contribution in [1.29, 1.82) is 0 Å². The monoisotopic (exact) mass is 428 g/mol. The lowest BCUT2D eigenvalue weighted by atomic mass is 9.96. The standard InChI is InChI=1S/C24H21FN6O/c1-15(2)22-19(4-3-5-20(22)25)23-26-13-17-12-21(32)30(24(17)28-23)14-16-6-8-18(9-7-16)31-11-10-27-29-31/h3-11,13,15H,12,14H2,1-2H3. The number of rotatable bonds is 5. The molecule has 160 valence electrons. The minimum atomic E-state index is -0.276. The number of hydrogen-bond acceptors (Lipinski definition) is 5.